The fourth-order valence-electron chi connectivity index (χ4n) is 5.16. The monoisotopic (exact) mass is 495 g/mol. The minimum absolute atomic E-state index is 0.0568. The van der Waals surface area contributed by atoms with Gasteiger partial charge in [0.25, 0.3) is 5.92 Å². The number of para-hydroxylation sites is 1. The number of methoxy groups -OCH3 is 1. The summed E-state index contributed by atoms with van der Waals surface area (Å²) in [4.78, 5) is 3.02. The lowest BCUT2D eigenvalue weighted by Gasteiger charge is -2.45. The van der Waals surface area contributed by atoms with Crippen LogP contribution in [0.15, 0.2) is 35.4 Å². The van der Waals surface area contributed by atoms with Crippen molar-refractivity contribution in [3.63, 3.8) is 0 Å². The highest BCUT2D eigenvalue weighted by atomic mass is 35.5. The molecule has 4 heterocycles. The summed E-state index contributed by atoms with van der Waals surface area (Å²) in [5, 5.41) is 6.90. The van der Waals surface area contributed by atoms with E-state index in [4.69, 9.17) is 26.2 Å². The number of thiophene rings is 1. The lowest BCUT2D eigenvalue weighted by atomic mass is 9.84. The molecule has 1 saturated heterocycles. The van der Waals surface area contributed by atoms with E-state index in [0.29, 0.717) is 34.6 Å². The lowest BCUT2D eigenvalue weighted by molar-refractivity contribution is -0.181. The summed E-state index contributed by atoms with van der Waals surface area (Å²) in [6.07, 6.45) is 1.38. The van der Waals surface area contributed by atoms with Gasteiger partial charge in [0.05, 0.1) is 23.2 Å². The molecule has 1 unspecified atom stereocenters. The fourth-order valence-corrected chi connectivity index (χ4v) is 6.64. The molecule has 1 aromatic heterocycles. The molecule has 1 atom stereocenters. The molecule has 0 bridgehead atoms. The summed E-state index contributed by atoms with van der Waals surface area (Å²) in [7, 11) is 1.70. The molecule has 2 aromatic rings. The Labute approximate surface area is 201 Å². The molecule has 3 aliphatic rings. The van der Waals surface area contributed by atoms with Gasteiger partial charge in [-0.1, -0.05) is 29.8 Å². The van der Waals surface area contributed by atoms with Crippen molar-refractivity contribution >= 4 is 34.3 Å². The number of hydrogen-bond donors (Lipinski definition) is 0. The van der Waals surface area contributed by atoms with Crippen LogP contribution in [0.1, 0.15) is 35.8 Å². The Balaban J connectivity index is 1.24. The Morgan fingerprint density at radius 2 is 2.03 bits per heavy atom. The molecule has 5 rings (SSSR count). The van der Waals surface area contributed by atoms with Gasteiger partial charge < -0.3 is 14.4 Å². The SMILES string of the molecule is COCc1ccccc1N1CC(CN2CCC3(CC2)OCC(F)(F)c2cc(Cl)sc23)C(C)=N1. The summed E-state index contributed by atoms with van der Waals surface area (Å²) in [6.45, 7) is 5.37. The maximum absolute atomic E-state index is 14.4. The molecule has 1 spiro atoms. The van der Waals surface area contributed by atoms with E-state index in [2.05, 4.69) is 29.0 Å². The smallest absolute Gasteiger partial charge is 0.297 e. The van der Waals surface area contributed by atoms with Crippen LogP contribution in [0, 0.1) is 5.92 Å². The molecule has 0 N–H and O–H groups in total. The molecule has 0 saturated carbocycles. The number of halogens is 3. The van der Waals surface area contributed by atoms with Crippen LogP contribution >= 0.6 is 22.9 Å². The zero-order valence-electron chi connectivity index (χ0n) is 18.8. The van der Waals surface area contributed by atoms with Crippen LogP contribution in [0.3, 0.4) is 0 Å². The molecule has 178 valence electrons. The highest BCUT2D eigenvalue weighted by Gasteiger charge is 2.51. The third-order valence-corrected chi connectivity index (χ3v) is 8.46. The third-order valence-electron chi connectivity index (χ3n) is 7.01. The Morgan fingerprint density at radius 3 is 2.79 bits per heavy atom. The number of anilines is 1. The van der Waals surface area contributed by atoms with Crippen molar-refractivity contribution in [2.75, 3.05) is 44.9 Å². The Morgan fingerprint density at radius 1 is 1.27 bits per heavy atom. The summed E-state index contributed by atoms with van der Waals surface area (Å²) in [5.74, 6) is -2.65. The molecule has 0 amide bonds. The minimum atomic E-state index is -2.97. The van der Waals surface area contributed by atoms with E-state index in [0.717, 1.165) is 43.1 Å². The second-order valence-corrected chi connectivity index (χ2v) is 10.8. The van der Waals surface area contributed by atoms with Crippen LogP contribution < -0.4 is 5.01 Å². The van der Waals surface area contributed by atoms with Gasteiger partial charge in [-0.05, 0) is 31.9 Å². The Hall–Kier alpha value is -1.58. The van der Waals surface area contributed by atoms with Gasteiger partial charge in [-0.25, -0.2) is 0 Å². The molecular formula is C24H28ClF2N3O2S. The molecular weight excluding hydrogens is 468 g/mol. The molecule has 1 fully saturated rings. The average molecular weight is 496 g/mol. The van der Waals surface area contributed by atoms with Crippen LogP contribution in [-0.2, 0) is 27.6 Å². The van der Waals surface area contributed by atoms with Crippen molar-refractivity contribution in [1.82, 2.24) is 4.90 Å². The number of ether oxygens (including phenoxy) is 2. The number of hydrazone groups is 1. The van der Waals surface area contributed by atoms with E-state index in [1.165, 1.54) is 17.4 Å². The maximum atomic E-state index is 14.4. The van der Waals surface area contributed by atoms with Gasteiger partial charge in [-0.15, -0.1) is 11.3 Å². The van der Waals surface area contributed by atoms with Gasteiger partial charge in [0.2, 0.25) is 0 Å². The fraction of sp³-hybridized carbons (Fsp3) is 0.542. The van der Waals surface area contributed by atoms with Crippen molar-refractivity contribution in [3.05, 3.63) is 50.7 Å². The molecule has 0 radical (unpaired) electrons. The normalized spacial score (nSPS) is 24.2. The number of nitrogens with zero attached hydrogens (tertiary/aromatic N) is 3. The van der Waals surface area contributed by atoms with Crippen LogP contribution in [0.2, 0.25) is 4.34 Å². The van der Waals surface area contributed by atoms with E-state index in [-0.39, 0.29) is 5.56 Å². The quantitative estimate of drug-likeness (QED) is 0.551. The van der Waals surface area contributed by atoms with Crippen molar-refractivity contribution in [1.29, 1.82) is 0 Å². The van der Waals surface area contributed by atoms with Crippen molar-refractivity contribution in [2.45, 2.75) is 37.9 Å². The van der Waals surface area contributed by atoms with Crippen molar-refractivity contribution in [2.24, 2.45) is 11.0 Å². The van der Waals surface area contributed by atoms with Crippen LogP contribution in [0.4, 0.5) is 14.5 Å². The van der Waals surface area contributed by atoms with E-state index in [1.807, 2.05) is 12.1 Å². The first-order chi connectivity index (χ1) is 15.8. The van der Waals surface area contributed by atoms with Gasteiger partial charge in [-0.3, -0.25) is 5.01 Å². The number of likely N-dealkylation sites (tertiary alicyclic amines) is 1. The summed E-state index contributed by atoms with van der Waals surface area (Å²) < 4.78 is 40.4. The largest absolute Gasteiger partial charge is 0.380 e. The second-order valence-electron chi connectivity index (χ2n) is 9.16. The molecule has 0 aliphatic carbocycles. The predicted octanol–water partition coefficient (Wildman–Crippen LogP) is 5.47. The van der Waals surface area contributed by atoms with Gasteiger partial charge in [0, 0.05) is 54.4 Å². The van der Waals surface area contributed by atoms with Gasteiger partial charge >= 0.3 is 0 Å². The van der Waals surface area contributed by atoms with Gasteiger partial charge in [-0.2, -0.15) is 13.9 Å². The first-order valence-electron chi connectivity index (χ1n) is 11.3. The topological polar surface area (TPSA) is 37.3 Å². The molecule has 9 heteroatoms. The zero-order chi connectivity index (χ0) is 23.2. The van der Waals surface area contributed by atoms with Crippen molar-refractivity contribution in [3.8, 4) is 0 Å². The first kappa shape index (κ1) is 23.2. The Kier molecular flexibility index (Phi) is 6.24. The number of piperidine rings is 1. The first-order valence-corrected chi connectivity index (χ1v) is 12.4. The molecule has 33 heavy (non-hydrogen) atoms. The van der Waals surface area contributed by atoms with Gasteiger partial charge in [0.1, 0.15) is 12.2 Å². The lowest BCUT2D eigenvalue weighted by Crippen LogP contribution is -2.50. The molecule has 3 aliphatic heterocycles. The summed E-state index contributed by atoms with van der Waals surface area (Å²) >= 11 is 7.37. The summed E-state index contributed by atoms with van der Waals surface area (Å²) in [6, 6.07) is 9.61. The average Bonchev–Trinajstić information content (AvgIpc) is 3.37. The van der Waals surface area contributed by atoms with E-state index >= 15 is 0 Å². The van der Waals surface area contributed by atoms with E-state index < -0.39 is 18.1 Å². The number of fused-ring (bicyclic) bond motifs is 2. The van der Waals surface area contributed by atoms with E-state index in [1.54, 1.807) is 7.11 Å². The van der Waals surface area contributed by atoms with Crippen LogP contribution in [0.25, 0.3) is 0 Å². The second kappa shape index (κ2) is 8.89. The third kappa shape index (κ3) is 4.32. The highest BCUT2D eigenvalue weighted by molar-refractivity contribution is 7.16. The highest BCUT2D eigenvalue weighted by Crippen LogP contribution is 2.52. The predicted molar refractivity (Wildman–Crippen MR) is 128 cm³/mol. The molecule has 1 aromatic carbocycles. The number of hydrogen-bond acceptors (Lipinski definition) is 6. The maximum Gasteiger partial charge on any atom is 0.297 e. The van der Waals surface area contributed by atoms with Crippen molar-refractivity contribution < 1.29 is 18.3 Å². The van der Waals surface area contributed by atoms with E-state index in [9.17, 15) is 8.78 Å². The number of alkyl halides is 2. The Bertz CT molecular complexity index is 1050. The van der Waals surface area contributed by atoms with Crippen LogP contribution in [-0.4, -0.2) is 50.5 Å². The van der Waals surface area contributed by atoms with Crippen LogP contribution in [0.5, 0.6) is 0 Å². The number of rotatable bonds is 5. The molecule has 5 nitrogen and oxygen atoms in total. The summed E-state index contributed by atoms with van der Waals surface area (Å²) in [5.41, 5.74) is 2.73. The minimum Gasteiger partial charge on any atom is -0.380 e. The zero-order valence-corrected chi connectivity index (χ0v) is 20.4. The van der Waals surface area contributed by atoms with Gasteiger partial charge in [0.15, 0.2) is 0 Å². The number of benzene rings is 1. The standard InChI is InChI=1S/C24H28ClF2N3O2S/c1-16-18(13-30(28-16)20-6-4-3-5-17(20)14-31-2)12-29-9-7-23(8-10-29)22-19(11-21(25)33-22)24(26,27)15-32-23/h3-6,11,18H,7-10,12-15H2,1-2H3.